The zero-order valence-electron chi connectivity index (χ0n) is 13.6. The van der Waals surface area contributed by atoms with Crippen molar-refractivity contribution < 1.29 is 17.9 Å². The minimum absolute atomic E-state index is 0.0659. The predicted molar refractivity (Wildman–Crippen MR) is 87.2 cm³/mol. The summed E-state index contributed by atoms with van der Waals surface area (Å²) in [7, 11) is -2.10. The van der Waals surface area contributed by atoms with Gasteiger partial charge in [-0.2, -0.15) is 0 Å². The largest absolute Gasteiger partial charge is 0.383 e. The molecule has 1 N–H and O–H groups in total. The van der Waals surface area contributed by atoms with Gasteiger partial charge in [0.1, 0.15) is 0 Å². The Bertz CT molecular complexity index is 745. The van der Waals surface area contributed by atoms with Gasteiger partial charge in [0, 0.05) is 19.7 Å². The van der Waals surface area contributed by atoms with Gasteiger partial charge in [0.15, 0.2) is 0 Å². The SMILES string of the molecule is COC[C@H](C)NS(=O)(=O)c1cc2c3c(c1)[C@@H](C)C(=O)N3CCC2. The lowest BCUT2D eigenvalue weighted by Crippen LogP contribution is -2.36. The van der Waals surface area contributed by atoms with E-state index in [1.807, 2.05) is 6.92 Å². The first-order chi connectivity index (χ1) is 10.8. The highest BCUT2D eigenvalue weighted by molar-refractivity contribution is 7.89. The van der Waals surface area contributed by atoms with E-state index in [2.05, 4.69) is 4.72 Å². The zero-order valence-corrected chi connectivity index (χ0v) is 14.4. The molecule has 1 amide bonds. The molecule has 0 spiro atoms. The van der Waals surface area contributed by atoms with Crippen LogP contribution in [0.5, 0.6) is 0 Å². The number of methoxy groups -OCH3 is 1. The van der Waals surface area contributed by atoms with Gasteiger partial charge in [0.05, 0.1) is 23.1 Å². The highest BCUT2D eigenvalue weighted by Crippen LogP contribution is 2.43. The van der Waals surface area contributed by atoms with Gasteiger partial charge in [0.2, 0.25) is 15.9 Å². The van der Waals surface area contributed by atoms with Crippen molar-refractivity contribution >= 4 is 21.6 Å². The molecular weight excluding hydrogens is 316 g/mol. The van der Waals surface area contributed by atoms with Crippen molar-refractivity contribution in [2.75, 3.05) is 25.2 Å². The van der Waals surface area contributed by atoms with Crippen molar-refractivity contribution in [1.82, 2.24) is 4.72 Å². The first-order valence-corrected chi connectivity index (χ1v) is 9.33. The molecule has 0 aliphatic carbocycles. The molecule has 2 heterocycles. The van der Waals surface area contributed by atoms with E-state index in [-0.39, 0.29) is 22.8 Å². The molecule has 1 aromatic carbocycles. The summed E-state index contributed by atoms with van der Waals surface area (Å²) in [4.78, 5) is 14.4. The van der Waals surface area contributed by atoms with Gasteiger partial charge in [-0.25, -0.2) is 13.1 Å². The van der Waals surface area contributed by atoms with Crippen molar-refractivity contribution in [3.63, 3.8) is 0 Å². The smallest absolute Gasteiger partial charge is 0.240 e. The third-order valence-electron chi connectivity index (χ3n) is 4.48. The number of carbonyl (C=O) groups excluding carboxylic acids is 1. The zero-order chi connectivity index (χ0) is 16.8. The Morgan fingerprint density at radius 3 is 2.87 bits per heavy atom. The van der Waals surface area contributed by atoms with Gasteiger partial charge in [-0.1, -0.05) is 0 Å². The molecule has 2 atom stereocenters. The van der Waals surface area contributed by atoms with Gasteiger partial charge in [-0.3, -0.25) is 4.79 Å². The summed E-state index contributed by atoms with van der Waals surface area (Å²) >= 11 is 0. The number of hydrogen-bond acceptors (Lipinski definition) is 4. The molecule has 6 nitrogen and oxygen atoms in total. The molecule has 0 saturated carbocycles. The van der Waals surface area contributed by atoms with Crippen LogP contribution in [-0.4, -0.2) is 40.6 Å². The third-order valence-corrected chi connectivity index (χ3v) is 6.04. The monoisotopic (exact) mass is 338 g/mol. The molecule has 3 rings (SSSR count). The number of rotatable bonds is 5. The maximum Gasteiger partial charge on any atom is 0.240 e. The van der Waals surface area contributed by atoms with Crippen molar-refractivity contribution in [3.8, 4) is 0 Å². The number of hydrogen-bond donors (Lipinski definition) is 1. The lowest BCUT2D eigenvalue weighted by molar-refractivity contribution is -0.119. The molecule has 0 radical (unpaired) electrons. The second kappa shape index (κ2) is 5.89. The molecule has 0 aromatic heterocycles. The number of carbonyl (C=O) groups is 1. The minimum atomic E-state index is -3.63. The Morgan fingerprint density at radius 1 is 1.43 bits per heavy atom. The summed E-state index contributed by atoms with van der Waals surface area (Å²) in [5.74, 6) is -0.218. The van der Waals surface area contributed by atoms with Crippen LogP contribution < -0.4 is 9.62 Å². The number of sulfonamides is 1. The molecular formula is C16H22N2O4S. The minimum Gasteiger partial charge on any atom is -0.383 e. The maximum absolute atomic E-state index is 12.6. The van der Waals surface area contributed by atoms with Crippen molar-refractivity contribution in [2.45, 2.75) is 43.5 Å². The second-order valence-corrected chi connectivity index (χ2v) is 8.03. The van der Waals surface area contributed by atoms with Gasteiger partial charge in [-0.15, -0.1) is 0 Å². The fourth-order valence-corrected chi connectivity index (χ4v) is 4.75. The van der Waals surface area contributed by atoms with E-state index < -0.39 is 10.0 Å². The van der Waals surface area contributed by atoms with Crippen LogP contribution in [-0.2, 0) is 26.0 Å². The number of nitrogens with zero attached hydrogens (tertiary/aromatic N) is 1. The van der Waals surface area contributed by atoms with E-state index in [1.54, 1.807) is 24.0 Å². The van der Waals surface area contributed by atoms with Crippen LogP contribution in [0, 0.1) is 0 Å². The van der Waals surface area contributed by atoms with E-state index in [9.17, 15) is 13.2 Å². The number of benzene rings is 1. The number of ether oxygens (including phenoxy) is 1. The van der Waals surface area contributed by atoms with Crippen LogP contribution in [0.3, 0.4) is 0 Å². The fourth-order valence-electron chi connectivity index (χ4n) is 3.44. The van der Waals surface area contributed by atoms with E-state index in [4.69, 9.17) is 4.74 Å². The Balaban J connectivity index is 2.02. The summed E-state index contributed by atoms with van der Waals surface area (Å²) < 4.78 is 32.8. The molecule has 7 heteroatoms. The van der Waals surface area contributed by atoms with E-state index >= 15 is 0 Å². The lowest BCUT2D eigenvalue weighted by atomic mass is 9.97. The Morgan fingerprint density at radius 2 is 2.17 bits per heavy atom. The molecule has 2 aliphatic heterocycles. The molecule has 1 aromatic rings. The topological polar surface area (TPSA) is 75.7 Å². The van der Waals surface area contributed by atoms with Gasteiger partial charge in [-0.05, 0) is 49.9 Å². The van der Waals surface area contributed by atoms with Crippen LogP contribution in [0.1, 0.15) is 37.3 Å². The third kappa shape index (κ3) is 2.77. The molecule has 2 aliphatic rings. The van der Waals surface area contributed by atoms with Crippen LogP contribution in [0.15, 0.2) is 17.0 Å². The second-order valence-electron chi connectivity index (χ2n) is 6.31. The van der Waals surface area contributed by atoms with Crippen molar-refractivity contribution in [3.05, 3.63) is 23.3 Å². The van der Waals surface area contributed by atoms with Gasteiger partial charge < -0.3 is 9.64 Å². The number of nitrogens with one attached hydrogen (secondary N) is 1. The predicted octanol–water partition coefficient (Wildman–Crippen LogP) is 1.40. The highest BCUT2D eigenvalue weighted by atomic mass is 32.2. The summed E-state index contributed by atoms with van der Waals surface area (Å²) in [6.45, 7) is 4.62. The van der Waals surface area contributed by atoms with Crippen molar-refractivity contribution in [2.24, 2.45) is 0 Å². The number of anilines is 1. The van der Waals surface area contributed by atoms with Crippen LogP contribution in [0.2, 0.25) is 0 Å². The first-order valence-electron chi connectivity index (χ1n) is 7.84. The molecule has 126 valence electrons. The Hall–Kier alpha value is -1.44. The molecule has 23 heavy (non-hydrogen) atoms. The van der Waals surface area contributed by atoms with E-state index in [1.165, 1.54) is 7.11 Å². The fraction of sp³-hybridized carbons (Fsp3) is 0.562. The number of amides is 1. The molecule has 0 bridgehead atoms. The number of aryl methyl sites for hydroxylation is 1. The van der Waals surface area contributed by atoms with Gasteiger partial charge in [0.25, 0.3) is 0 Å². The van der Waals surface area contributed by atoms with E-state index in [0.29, 0.717) is 6.61 Å². The molecule has 0 saturated heterocycles. The van der Waals surface area contributed by atoms with E-state index in [0.717, 1.165) is 36.2 Å². The van der Waals surface area contributed by atoms with Crippen molar-refractivity contribution in [1.29, 1.82) is 0 Å². The van der Waals surface area contributed by atoms with Crippen LogP contribution in [0.25, 0.3) is 0 Å². The highest BCUT2D eigenvalue weighted by Gasteiger charge is 2.38. The average Bonchev–Trinajstić information content (AvgIpc) is 2.74. The normalized spacial score (nSPS) is 21.4. The average molecular weight is 338 g/mol. The van der Waals surface area contributed by atoms with Crippen LogP contribution >= 0.6 is 0 Å². The standard InChI is InChI=1S/C16H22N2O4S/c1-10(9-22-3)17-23(20,21)13-7-12-5-4-6-18-15(12)14(8-13)11(2)16(18)19/h7-8,10-11,17H,4-6,9H2,1-3H3/t10-,11+/m0/s1. The Kier molecular flexibility index (Phi) is 4.20. The molecule has 0 unspecified atom stereocenters. The summed E-state index contributed by atoms with van der Waals surface area (Å²) in [5, 5.41) is 0. The molecule has 0 fully saturated rings. The summed E-state index contributed by atoms with van der Waals surface area (Å²) in [6.07, 6.45) is 1.66. The van der Waals surface area contributed by atoms with Gasteiger partial charge >= 0.3 is 0 Å². The summed E-state index contributed by atoms with van der Waals surface area (Å²) in [5.41, 5.74) is 2.70. The first kappa shape index (κ1) is 16.4. The quantitative estimate of drug-likeness (QED) is 0.880. The lowest BCUT2D eigenvalue weighted by Gasteiger charge is -2.26. The summed E-state index contributed by atoms with van der Waals surface area (Å²) in [6, 6.07) is 3.04. The maximum atomic E-state index is 12.6. The van der Waals surface area contributed by atoms with Crippen LogP contribution in [0.4, 0.5) is 5.69 Å². The Labute approximate surface area is 136 Å².